The maximum absolute atomic E-state index is 6.19. The maximum atomic E-state index is 6.19. The first kappa shape index (κ1) is 13.4. The molecule has 0 aromatic carbocycles. The van der Waals surface area contributed by atoms with Gasteiger partial charge in [-0.05, 0) is 45.1 Å². The summed E-state index contributed by atoms with van der Waals surface area (Å²) in [5.74, 6) is 0.904. The van der Waals surface area contributed by atoms with Crippen molar-refractivity contribution < 1.29 is 0 Å². The Morgan fingerprint density at radius 3 is 2.29 bits per heavy atom. The summed E-state index contributed by atoms with van der Waals surface area (Å²) in [4.78, 5) is 2.78. The van der Waals surface area contributed by atoms with Gasteiger partial charge in [0.25, 0.3) is 0 Å². The van der Waals surface area contributed by atoms with Crippen molar-refractivity contribution in [3.05, 3.63) is 0 Å². The van der Waals surface area contributed by atoms with Gasteiger partial charge in [0.2, 0.25) is 0 Å². The molecule has 0 spiro atoms. The monoisotopic (exact) mass is 238 g/mol. The molecule has 0 amide bonds. The van der Waals surface area contributed by atoms with Gasteiger partial charge >= 0.3 is 0 Å². The van der Waals surface area contributed by atoms with Gasteiger partial charge in [0.05, 0.1) is 0 Å². The molecule has 0 aromatic heterocycles. The lowest BCUT2D eigenvalue weighted by Gasteiger charge is -2.50. The van der Waals surface area contributed by atoms with Gasteiger partial charge in [-0.1, -0.05) is 32.6 Å². The number of rotatable bonds is 2. The number of hydrogen-bond acceptors (Lipinski definition) is 2. The third kappa shape index (κ3) is 2.85. The van der Waals surface area contributed by atoms with Crippen LogP contribution >= 0.6 is 0 Å². The first-order valence-electron chi connectivity index (χ1n) is 7.65. The van der Waals surface area contributed by atoms with E-state index < -0.39 is 0 Å². The summed E-state index contributed by atoms with van der Waals surface area (Å²) in [6.07, 6.45) is 11.0. The van der Waals surface area contributed by atoms with Crippen molar-refractivity contribution in [2.24, 2.45) is 11.7 Å². The average molecular weight is 238 g/mol. The van der Waals surface area contributed by atoms with Crippen LogP contribution in [0.25, 0.3) is 0 Å². The molecule has 1 aliphatic heterocycles. The first-order valence-corrected chi connectivity index (χ1v) is 7.65. The van der Waals surface area contributed by atoms with E-state index in [9.17, 15) is 0 Å². The van der Waals surface area contributed by atoms with Crippen molar-refractivity contribution in [3.8, 4) is 0 Å². The van der Waals surface area contributed by atoms with Crippen LogP contribution in [0.1, 0.15) is 65.2 Å². The van der Waals surface area contributed by atoms with E-state index in [4.69, 9.17) is 5.73 Å². The summed E-state index contributed by atoms with van der Waals surface area (Å²) in [7, 11) is 0. The van der Waals surface area contributed by atoms with Crippen molar-refractivity contribution >= 4 is 0 Å². The van der Waals surface area contributed by atoms with Crippen LogP contribution in [0.2, 0.25) is 0 Å². The summed E-state index contributed by atoms with van der Waals surface area (Å²) in [6.45, 7) is 6.96. The van der Waals surface area contributed by atoms with Gasteiger partial charge in [-0.3, -0.25) is 4.90 Å². The van der Waals surface area contributed by atoms with E-state index in [2.05, 4.69) is 18.7 Å². The van der Waals surface area contributed by atoms with E-state index in [-0.39, 0.29) is 0 Å². The van der Waals surface area contributed by atoms with E-state index in [1.807, 2.05) is 0 Å². The predicted molar refractivity (Wildman–Crippen MR) is 74.1 cm³/mol. The van der Waals surface area contributed by atoms with Gasteiger partial charge in [0.1, 0.15) is 0 Å². The number of piperidine rings is 1. The molecular formula is C15H30N2. The summed E-state index contributed by atoms with van der Waals surface area (Å²) >= 11 is 0. The third-order valence-corrected chi connectivity index (χ3v) is 5.16. The second-order valence-corrected chi connectivity index (χ2v) is 6.51. The van der Waals surface area contributed by atoms with Crippen molar-refractivity contribution in [1.82, 2.24) is 4.90 Å². The molecule has 1 heterocycles. The maximum Gasteiger partial charge on any atom is 0.0334 e. The fourth-order valence-electron chi connectivity index (χ4n) is 4.11. The Kier molecular flexibility index (Phi) is 4.48. The molecule has 2 nitrogen and oxygen atoms in total. The van der Waals surface area contributed by atoms with Crippen molar-refractivity contribution in [3.63, 3.8) is 0 Å². The van der Waals surface area contributed by atoms with E-state index >= 15 is 0 Å². The largest absolute Gasteiger partial charge is 0.329 e. The van der Waals surface area contributed by atoms with Gasteiger partial charge in [-0.2, -0.15) is 0 Å². The van der Waals surface area contributed by atoms with E-state index in [1.165, 1.54) is 57.9 Å². The molecule has 1 saturated heterocycles. The van der Waals surface area contributed by atoms with Crippen molar-refractivity contribution in [1.29, 1.82) is 0 Å². The molecule has 2 rings (SSSR count). The number of nitrogens with two attached hydrogens (primary N) is 1. The number of likely N-dealkylation sites (tertiary alicyclic amines) is 1. The lowest BCUT2D eigenvalue weighted by Crippen LogP contribution is -2.59. The highest BCUT2D eigenvalue weighted by molar-refractivity contribution is 4.97. The minimum atomic E-state index is 0.343. The molecule has 0 bridgehead atoms. The van der Waals surface area contributed by atoms with E-state index in [0.717, 1.165) is 18.5 Å². The molecular weight excluding hydrogens is 208 g/mol. The predicted octanol–water partition coefficient (Wildman–Crippen LogP) is 3.16. The van der Waals surface area contributed by atoms with Crippen molar-refractivity contribution in [2.75, 3.05) is 13.1 Å². The molecule has 2 fully saturated rings. The summed E-state index contributed by atoms with van der Waals surface area (Å²) in [6, 6.07) is 0.736. The molecule has 0 aromatic rings. The number of hydrogen-bond donors (Lipinski definition) is 1. The van der Waals surface area contributed by atoms with Crippen LogP contribution in [0, 0.1) is 5.92 Å². The van der Waals surface area contributed by atoms with Crippen LogP contribution in [0.5, 0.6) is 0 Å². The van der Waals surface area contributed by atoms with Crippen LogP contribution in [0.3, 0.4) is 0 Å². The minimum absolute atomic E-state index is 0.343. The first-order chi connectivity index (χ1) is 8.18. The number of nitrogens with zero attached hydrogens (tertiary/aromatic N) is 1. The van der Waals surface area contributed by atoms with Gasteiger partial charge < -0.3 is 5.73 Å². The molecule has 2 N–H and O–H groups in total. The second-order valence-electron chi connectivity index (χ2n) is 6.51. The average Bonchev–Trinajstić information content (AvgIpc) is 2.55. The highest BCUT2D eigenvalue weighted by Crippen LogP contribution is 2.37. The summed E-state index contributed by atoms with van der Waals surface area (Å²) < 4.78 is 0. The quantitative estimate of drug-likeness (QED) is 0.749. The Hall–Kier alpha value is -0.0800. The molecule has 2 atom stereocenters. The molecule has 17 heavy (non-hydrogen) atoms. The summed E-state index contributed by atoms with van der Waals surface area (Å²) in [5, 5.41) is 0. The van der Waals surface area contributed by atoms with Gasteiger partial charge in [-0.25, -0.2) is 0 Å². The van der Waals surface area contributed by atoms with E-state index in [1.54, 1.807) is 0 Å². The second kappa shape index (κ2) is 5.71. The van der Waals surface area contributed by atoms with Gasteiger partial charge in [0, 0.05) is 18.1 Å². The van der Waals surface area contributed by atoms with Crippen LogP contribution in [-0.4, -0.2) is 29.6 Å². The zero-order chi connectivity index (χ0) is 12.3. The van der Waals surface area contributed by atoms with Crippen LogP contribution < -0.4 is 5.73 Å². The Morgan fingerprint density at radius 2 is 1.76 bits per heavy atom. The Labute approximate surface area is 107 Å². The van der Waals surface area contributed by atoms with Crippen LogP contribution in [0.15, 0.2) is 0 Å². The Balaban J connectivity index is 2.10. The molecule has 2 aliphatic rings. The Morgan fingerprint density at radius 1 is 1.12 bits per heavy atom. The smallest absolute Gasteiger partial charge is 0.0334 e. The van der Waals surface area contributed by atoms with E-state index in [0.29, 0.717) is 5.54 Å². The fourth-order valence-corrected chi connectivity index (χ4v) is 4.11. The molecule has 0 radical (unpaired) electrons. The highest BCUT2D eigenvalue weighted by Gasteiger charge is 2.40. The zero-order valence-corrected chi connectivity index (χ0v) is 11.8. The molecule has 1 saturated carbocycles. The standard InChI is InChI=1S/C15H30N2/c1-13-7-10-17(14(2)11-13)15(12-16)8-5-3-4-6-9-15/h13-14H,3-12,16H2,1-2H3. The van der Waals surface area contributed by atoms with Crippen molar-refractivity contribution in [2.45, 2.75) is 76.8 Å². The molecule has 2 unspecified atom stereocenters. The lowest BCUT2D eigenvalue weighted by molar-refractivity contribution is 0.00481. The third-order valence-electron chi connectivity index (χ3n) is 5.16. The Bertz CT molecular complexity index is 231. The SMILES string of the molecule is CC1CCN(C2(CN)CCCCCC2)C(C)C1. The van der Waals surface area contributed by atoms with Gasteiger partial charge in [0.15, 0.2) is 0 Å². The topological polar surface area (TPSA) is 29.3 Å². The molecule has 100 valence electrons. The minimum Gasteiger partial charge on any atom is -0.329 e. The highest BCUT2D eigenvalue weighted by atomic mass is 15.2. The van der Waals surface area contributed by atoms with Gasteiger partial charge in [-0.15, -0.1) is 0 Å². The molecule has 1 aliphatic carbocycles. The van der Waals surface area contributed by atoms with Crippen LogP contribution in [0.4, 0.5) is 0 Å². The molecule has 2 heteroatoms. The lowest BCUT2D eigenvalue weighted by atomic mass is 9.82. The zero-order valence-electron chi connectivity index (χ0n) is 11.8. The normalized spacial score (nSPS) is 35.5. The summed E-state index contributed by atoms with van der Waals surface area (Å²) in [5.41, 5.74) is 6.54. The van der Waals surface area contributed by atoms with Crippen LogP contribution in [-0.2, 0) is 0 Å². The fraction of sp³-hybridized carbons (Fsp3) is 1.00.